The molecule has 0 aliphatic carbocycles. The summed E-state index contributed by atoms with van der Waals surface area (Å²) in [6.45, 7) is 4.08. The average Bonchev–Trinajstić information content (AvgIpc) is 2.15. The summed E-state index contributed by atoms with van der Waals surface area (Å²) < 4.78 is 0. The number of carbonyl (C=O) groups is 1. The third-order valence-corrected chi connectivity index (χ3v) is 2.38. The fourth-order valence-electron chi connectivity index (χ4n) is 1.36. The van der Waals surface area contributed by atoms with Crippen LogP contribution in [-0.2, 0) is 4.79 Å². The standard InChI is InChI=1S/C12H13ClO/c1-9(2)10(7-8-14)11-5-3-4-6-12(11)13/h3-9H,1-2H3/b10-7-. The summed E-state index contributed by atoms with van der Waals surface area (Å²) in [7, 11) is 0. The first kappa shape index (κ1) is 11.0. The minimum atomic E-state index is 0.292. The van der Waals surface area contributed by atoms with E-state index in [1.54, 1.807) is 6.08 Å². The fourth-order valence-corrected chi connectivity index (χ4v) is 1.61. The van der Waals surface area contributed by atoms with Crippen molar-refractivity contribution in [3.8, 4) is 0 Å². The molecule has 0 aliphatic rings. The molecule has 0 unspecified atom stereocenters. The first-order valence-electron chi connectivity index (χ1n) is 4.57. The molecule has 0 fully saturated rings. The minimum Gasteiger partial charge on any atom is -0.299 e. The van der Waals surface area contributed by atoms with Crippen LogP contribution >= 0.6 is 11.6 Å². The second-order valence-corrected chi connectivity index (χ2v) is 3.80. The Balaban J connectivity index is 3.19. The molecule has 0 atom stereocenters. The molecular weight excluding hydrogens is 196 g/mol. The summed E-state index contributed by atoms with van der Waals surface area (Å²) in [6, 6.07) is 7.56. The normalized spacial score (nSPS) is 11.9. The molecule has 0 saturated carbocycles. The number of allylic oxidation sites excluding steroid dienone is 2. The molecule has 0 aromatic heterocycles. The van der Waals surface area contributed by atoms with Crippen molar-refractivity contribution in [2.45, 2.75) is 13.8 Å². The van der Waals surface area contributed by atoms with Gasteiger partial charge in [-0.05, 0) is 29.2 Å². The quantitative estimate of drug-likeness (QED) is 0.548. The van der Waals surface area contributed by atoms with E-state index in [1.807, 2.05) is 38.1 Å². The van der Waals surface area contributed by atoms with Gasteiger partial charge in [0.1, 0.15) is 6.29 Å². The van der Waals surface area contributed by atoms with E-state index in [9.17, 15) is 4.79 Å². The summed E-state index contributed by atoms with van der Waals surface area (Å²) in [5.74, 6) is 0.292. The third-order valence-electron chi connectivity index (χ3n) is 2.05. The van der Waals surface area contributed by atoms with Gasteiger partial charge in [-0.15, -0.1) is 0 Å². The monoisotopic (exact) mass is 208 g/mol. The van der Waals surface area contributed by atoms with Gasteiger partial charge in [0.15, 0.2) is 0 Å². The molecule has 0 heterocycles. The number of hydrogen-bond acceptors (Lipinski definition) is 1. The van der Waals surface area contributed by atoms with E-state index in [4.69, 9.17) is 11.6 Å². The van der Waals surface area contributed by atoms with Gasteiger partial charge in [0.05, 0.1) is 0 Å². The fraction of sp³-hybridized carbons (Fsp3) is 0.250. The van der Waals surface area contributed by atoms with Gasteiger partial charge in [-0.2, -0.15) is 0 Å². The molecule has 0 amide bonds. The van der Waals surface area contributed by atoms with Crippen LogP contribution in [0.15, 0.2) is 30.3 Å². The Morgan fingerprint density at radius 3 is 2.50 bits per heavy atom. The number of halogens is 1. The zero-order valence-corrected chi connectivity index (χ0v) is 9.08. The highest BCUT2D eigenvalue weighted by Gasteiger charge is 2.08. The summed E-state index contributed by atoms with van der Waals surface area (Å²) in [5.41, 5.74) is 1.92. The van der Waals surface area contributed by atoms with E-state index >= 15 is 0 Å². The van der Waals surface area contributed by atoms with E-state index in [1.165, 1.54) is 0 Å². The van der Waals surface area contributed by atoms with Crippen molar-refractivity contribution in [3.05, 3.63) is 40.9 Å². The molecule has 2 heteroatoms. The molecule has 1 nitrogen and oxygen atoms in total. The van der Waals surface area contributed by atoms with Crippen molar-refractivity contribution in [1.82, 2.24) is 0 Å². The van der Waals surface area contributed by atoms with Gasteiger partial charge in [-0.25, -0.2) is 0 Å². The molecule has 0 bridgehead atoms. The lowest BCUT2D eigenvalue weighted by atomic mass is 9.95. The first-order valence-corrected chi connectivity index (χ1v) is 4.95. The molecule has 1 aromatic rings. The molecule has 1 aromatic carbocycles. The summed E-state index contributed by atoms with van der Waals surface area (Å²) in [5, 5.41) is 0.689. The molecule has 0 N–H and O–H groups in total. The van der Waals surface area contributed by atoms with Crippen LogP contribution in [0, 0.1) is 5.92 Å². The van der Waals surface area contributed by atoms with Gasteiger partial charge in [-0.1, -0.05) is 43.6 Å². The summed E-state index contributed by atoms with van der Waals surface area (Å²) >= 11 is 6.04. The largest absolute Gasteiger partial charge is 0.299 e. The maximum atomic E-state index is 10.5. The molecule has 0 aliphatic heterocycles. The predicted molar refractivity (Wildman–Crippen MR) is 60.3 cm³/mol. The minimum absolute atomic E-state index is 0.292. The van der Waals surface area contributed by atoms with Crippen LogP contribution in [0.5, 0.6) is 0 Å². The topological polar surface area (TPSA) is 17.1 Å². The van der Waals surface area contributed by atoms with Crippen LogP contribution in [0.2, 0.25) is 5.02 Å². The van der Waals surface area contributed by atoms with Gasteiger partial charge < -0.3 is 0 Å². The third kappa shape index (κ3) is 2.46. The highest BCUT2D eigenvalue weighted by Crippen LogP contribution is 2.28. The molecule has 0 saturated heterocycles. The maximum absolute atomic E-state index is 10.5. The molecule has 0 radical (unpaired) electrons. The highest BCUT2D eigenvalue weighted by atomic mass is 35.5. The lowest BCUT2D eigenvalue weighted by Crippen LogP contribution is -1.95. The smallest absolute Gasteiger partial charge is 0.143 e. The van der Waals surface area contributed by atoms with Gasteiger partial charge in [0, 0.05) is 5.02 Å². The van der Waals surface area contributed by atoms with E-state index in [0.717, 1.165) is 17.4 Å². The van der Waals surface area contributed by atoms with Gasteiger partial charge >= 0.3 is 0 Å². The Kier molecular flexibility index (Phi) is 3.90. The lowest BCUT2D eigenvalue weighted by molar-refractivity contribution is -0.104. The van der Waals surface area contributed by atoms with E-state index in [0.29, 0.717) is 10.9 Å². The Morgan fingerprint density at radius 1 is 1.36 bits per heavy atom. The molecule has 74 valence electrons. The lowest BCUT2D eigenvalue weighted by Gasteiger charge is -2.11. The first-order chi connectivity index (χ1) is 6.66. The number of aldehydes is 1. The highest BCUT2D eigenvalue weighted by molar-refractivity contribution is 6.32. The zero-order valence-electron chi connectivity index (χ0n) is 8.33. The summed E-state index contributed by atoms with van der Waals surface area (Å²) in [6.07, 6.45) is 2.38. The van der Waals surface area contributed by atoms with Crippen molar-refractivity contribution in [2.75, 3.05) is 0 Å². The zero-order chi connectivity index (χ0) is 10.6. The number of carbonyl (C=O) groups excluding carboxylic acids is 1. The van der Waals surface area contributed by atoms with Crippen molar-refractivity contribution in [2.24, 2.45) is 5.92 Å². The van der Waals surface area contributed by atoms with Gasteiger partial charge in [-0.3, -0.25) is 4.79 Å². The predicted octanol–water partition coefficient (Wildman–Crippen LogP) is 3.58. The Hall–Kier alpha value is -1.08. The average molecular weight is 209 g/mol. The SMILES string of the molecule is CC(C)/C(=C/C=O)c1ccccc1Cl. The van der Waals surface area contributed by atoms with Crippen molar-refractivity contribution in [3.63, 3.8) is 0 Å². The van der Waals surface area contributed by atoms with Crippen molar-refractivity contribution >= 4 is 23.5 Å². The van der Waals surface area contributed by atoms with Gasteiger partial charge in [0.2, 0.25) is 0 Å². The Bertz CT molecular complexity index is 353. The van der Waals surface area contributed by atoms with Crippen molar-refractivity contribution < 1.29 is 4.79 Å². The van der Waals surface area contributed by atoms with Crippen LogP contribution in [0.1, 0.15) is 19.4 Å². The van der Waals surface area contributed by atoms with Gasteiger partial charge in [0.25, 0.3) is 0 Å². The Labute approximate surface area is 89.4 Å². The van der Waals surface area contributed by atoms with E-state index in [-0.39, 0.29) is 0 Å². The van der Waals surface area contributed by atoms with Crippen LogP contribution < -0.4 is 0 Å². The number of hydrogen-bond donors (Lipinski definition) is 0. The van der Waals surface area contributed by atoms with Crippen molar-refractivity contribution in [1.29, 1.82) is 0 Å². The molecular formula is C12H13ClO. The van der Waals surface area contributed by atoms with Crippen LogP contribution in [0.4, 0.5) is 0 Å². The second-order valence-electron chi connectivity index (χ2n) is 3.39. The molecule has 14 heavy (non-hydrogen) atoms. The molecule has 0 spiro atoms. The summed E-state index contributed by atoms with van der Waals surface area (Å²) in [4.78, 5) is 10.5. The number of benzene rings is 1. The van der Waals surface area contributed by atoms with Crippen LogP contribution in [-0.4, -0.2) is 6.29 Å². The van der Waals surface area contributed by atoms with E-state index in [2.05, 4.69) is 0 Å². The van der Waals surface area contributed by atoms with Crippen LogP contribution in [0.25, 0.3) is 5.57 Å². The maximum Gasteiger partial charge on any atom is 0.143 e. The number of rotatable bonds is 3. The Morgan fingerprint density at radius 2 is 2.00 bits per heavy atom. The van der Waals surface area contributed by atoms with E-state index < -0.39 is 0 Å². The molecule has 1 rings (SSSR count). The van der Waals surface area contributed by atoms with Crippen LogP contribution in [0.3, 0.4) is 0 Å². The second kappa shape index (κ2) is 4.97.